The van der Waals surface area contributed by atoms with Crippen LogP contribution in [0.25, 0.3) is 0 Å². The summed E-state index contributed by atoms with van der Waals surface area (Å²) in [6.45, 7) is 4.47. The summed E-state index contributed by atoms with van der Waals surface area (Å²) >= 11 is 6.37. The van der Waals surface area contributed by atoms with Crippen molar-refractivity contribution in [2.75, 3.05) is 0 Å². The molecule has 1 heteroatoms. The Hall–Kier alpha value is -0.750. The van der Waals surface area contributed by atoms with Crippen LogP contribution in [0, 0.1) is 30.6 Å². The number of unbranched alkanes of at least 4 members (excludes halogenated alkanes) is 1. The van der Waals surface area contributed by atoms with Gasteiger partial charge in [0.15, 0.2) is 0 Å². The molecule has 1 aromatic rings. The lowest BCUT2D eigenvalue weighted by atomic mass is 9.77. The Morgan fingerprint density at radius 2 is 1.46 bits per heavy atom. The molecule has 0 aromatic heterocycles. The number of benzene rings is 1. The van der Waals surface area contributed by atoms with Crippen LogP contribution in [0.2, 0.25) is 5.02 Å². The summed E-state index contributed by atoms with van der Waals surface area (Å²) in [5.74, 6) is 3.74. The van der Waals surface area contributed by atoms with Crippen LogP contribution in [0.15, 0.2) is 30.4 Å². The van der Waals surface area contributed by atoms with Crippen LogP contribution in [-0.2, 0) is 6.42 Å². The van der Waals surface area contributed by atoms with Crippen molar-refractivity contribution in [3.05, 3.63) is 46.5 Å². The molecule has 0 N–H and O–H groups in total. The van der Waals surface area contributed by atoms with Gasteiger partial charge in [-0.15, -0.1) is 0 Å². The Morgan fingerprint density at radius 3 is 2.04 bits per heavy atom. The molecular weight excluding hydrogens is 360 g/mol. The molecule has 2 saturated carbocycles. The first-order valence-corrected chi connectivity index (χ1v) is 12.4. The van der Waals surface area contributed by atoms with Crippen molar-refractivity contribution < 1.29 is 0 Å². The summed E-state index contributed by atoms with van der Waals surface area (Å²) in [5, 5.41) is 0.954. The topological polar surface area (TPSA) is 0 Å². The minimum Gasteiger partial charge on any atom is -0.0851 e. The van der Waals surface area contributed by atoms with Crippen molar-refractivity contribution in [2.24, 2.45) is 23.7 Å². The summed E-state index contributed by atoms with van der Waals surface area (Å²) < 4.78 is 0. The molecule has 2 fully saturated rings. The van der Waals surface area contributed by atoms with Gasteiger partial charge in [-0.1, -0.05) is 62.1 Å². The van der Waals surface area contributed by atoms with Crippen LogP contribution >= 0.6 is 11.6 Å². The molecular formula is C27H41Cl. The first kappa shape index (κ1) is 21.9. The molecule has 0 nitrogen and oxygen atoms in total. The van der Waals surface area contributed by atoms with E-state index in [1.54, 1.807) is 0 Å². The number of halogens is 1. The molecule has 0 atom stereocenters. The van der Waals surface area contributed by atoms with Gasteiger partial charge in [0.25, 0.3) is 0 Å². The number of allylic oxidation sites excluding steroid dienone is 2. The Labute approximate surface area is 179 Å². The lowest BCUT2D eigenvalue weighted by Crippen LogP contribution is -2.15. The van der Waals surface area contributed by atoms with Gasteiger partial charge in [0, 0.05) is 5.02 Å². The molecule has 0 radical (unpaired) electrons. The maximum Gasteiger partial charge on any atom is 0.0440 e. The molecule has 0 amide bonds. The Bertz CT molecular complexity index is 601. The predicted molar refractivity (Wildman–Crippen MR) is 124 cm³/mol. The highest BCUT2D eigenvalue weighted by Gasteiger charge is 2.21. The molecule has 0 spiro atoms. The van der Waals surface area contributed by atoms with Crippen LogP contribution in [-0.4, -0.2) is 0 Å². The standard InChI is InChI=1S/C27H41Cl/c1-3-22-9-11-24(12-10-22)17-18-25-15-13-23(14-16-25)6-4-5-7-26-19-8-21(2)20-27(26)28/h8,17-20,22-25H,3-7,9-16H2,1-2H3. The fourth-order valence-electron chi connectivity index (χ4n) is 5.38. The first-order chi connectivity index (χ1) is 13.6. The Balaban J connectivity index is 1.28. The first-order valence-electron chi connectivity index (χ1n) is 12.1. The lowest BCUT2D eigenvalue weighted by Gasteiger charge is -2.28. The minimum absolute atomic E-state index is 0.867. The van der Waals surface area contributed by atoms with Crippen molar-refractivity contribution in [3.8, 4) is 0 Å². The van der Waals surface area contributed by atoms with Crippen molar-refractivity contribution >= 4 is 11.6 Å². The molecule has 2 aliphatic rings. The van der Waals surface area contributed by atoms with Crippen LogP contribution < -0.4 is 0 Å². The molecule has 156 valence electrons. The minimum atomic E-state index is 0.867. The normalized spacial score (nSPS) is 28.7. The third-order valence-corrected chi connectivity index (χ3v) is 7.88. The van der Waals surface area contributed by atoms with E-state index in [0.717, 1.165) is 35.1 Å². The van der Waals surface area contributed by atoms with Crippen molar-refractivity contribution in [1.29, 1.82) is 0 Å². The number of hydrogen-bond acceptors (Lipinski definition) is 0. The quantitative estimate of drug-likeness (QED) is 0.301. The van der Waals surface area contributed by atoms with E-state index in [0.29, 0.717) is 0 Å². The molecule has 0 unspecified atom stereocenters. The van der Waals surface area contributed by atoms with Gasteiger partial charge in [-0.05, 0) is 112 Å². The monoisotopic (exact) mass is 400 g/mol. The second-order valence-electron chi connectivity index (χ2n) is 9.70. The van der Waals surface area contributed by atoms with Crippen molar-refractivity contribution in [1.82, 2.24) is 0 Å². The smallest absolute Gasteiger partial charge is 0.0440 e. The van der Waals surface area contributed by atoms with Gasteiger partial charge in [-0.25, -0.2) is 0 Å². The fraction of sp³-hybridized carbons (Fsp3) is 0.704. The summed E-state index contributed by atoms with van der Waals surface area (Å²) in [6.07, 6.45) is 23.3. The lowest BCUT2D eigenvalue weighted by molar-refractivity contribution is 0.284. The van der Waals surface area contributed by atoms with Gasteiger partial charge in [-0.3, -0.25) is 0 Å². The van der Waals surface area contributed by atoms with Crippen LogP contribution in [0.3, 0.4) is 0 Å². The third-order valence-electron chi connectivity index (χ3n) is 7.53. The highest BCUT2D eigenvalue weighted by Crippen LogP contribution is 2.35. The molecule has 0 bridgehead atoms. The highest BCUT2D eigenvalue weighted by molar-refractivity contribution is 6.31. The number of rotatable bonds is 8. The zero-order chi connectivity index (χ0) is 19.8. The van der Waals surface area contributed by atoms with Crippen LogP contribution in [0.4, 0.5) is 0 Å². The molecule has 28 heavy (non-hydrogen) atoms. The average molecular weight is 401 g/mol. The van der Waals surface area contributed by atoms with Gasteiger partial charge in [-0.2, -0.15) is 0 Å². The Morgan fingerprint density at radius 1 is 0.857 bits per heavy atom. The van der Waals surface area contributed by atoms with Gasteiger partial charge in [0.2, 0.25) is 0 Å². The van der Waals surface area contributed by atoms with E-state index >= 15 is 0 Å². The SMILES string of the molecule is CCC1CCC(C=CC2CCC(CCCCc3ccc(C)cc3Cl)CC2)CC1. The van der Waals surface area contributed by atoms with E-state index in [1.165, 1.54) is 88.2 Å². The van der Waals surface area contributed by atoms with Gasteiger partial charge in [0.05, 0.1) is 0 Å². The fourth-order valence-corrected chi connectivity index (χ4v) is 5.71. The van der Waals surface area contributed by atoms with E-state index in [-0.39, 0.29) is 0 Å². The van der Waals surface area contributed by atoms with Crippen LogP contribution in [0.5, 0.6) is 0 Å². The average Bonchev–Trinajstić information content (AvgIpc) is 2.72. The molecule has 0 aliphatic heterocycles. The molecule has 1 aromatic carbocycles. The maximum absolute atomic E-state index is 6.37. The van der Waals surface area contributed by atoms with E-state index in [1.807, 2.05) is 0 Å². The van der Waals surface area contributed by atoms with Gasteiger partial charge in [0.1, 0.15) is 0 Å². The third kappa shape index (κ3) is 6.94. The number of hydrogen-bond donors (Lipinski definition) is 0. The van der Waals surface area contributed by atoms with E-state index in [4.69, 9.17) is 11.6 Å². The number of aryl methyl sites for hydroxylation is 2. The Kier molecular flexibility index (Phi) is 8.97. The van der Waals surface area contributed by atoms with Gasteiger partial charge < -0.3 is 0 Å². The molecule has 0 saturated heterocycles. The molecule has 0 heterocycles. The second-order valence-corrected chi connectivity index (χ2v) is 10.1. The van der Waals surface area contributed by atoms with Gasteiger partial charge >= 0.3 is 0 Å². The molecule has 3 rings (SSSR count). The largest absolute Gasteiger partial charge is 0.0851 e. The molecule has 2 aliphatic carbocycles. The van der Waals surface area contributed by atoms with Crippen molar-refractivity contribution in [2.45, 2.75) is 97.3 Å². The van der Waals surface area contributed by atoms with E-state index < -0.39 is 0 Å². The van der Waals surface area contributed by atoms with Crippen molar-refractivity contribution in [3.63, 3.8) is 0 Å². The zero-order valence-corrected chi connectivity index (χ0v) is 19.0. The maximum atomic E-state index is 6.37. The summed E-state index contributed by atoms with van der Waals surface area (Å²) in [6, 6.07) is 6.50. The van der Waals surface area contributed by atoms with E-state index in [2.05, 4.69) is 44.2 Å². The van der Waals surface area contributed by atoms with E-state index in [9.17, 15) is 0 Å². The highest BCUT2D eigenvalue weighted by atomic mass is 35.5. The zero-order valence-electron chi connectivity index (χ0n) is 18.3. The summed E-state index contributed by atoms with van der Waals surface area (Å²) in [5.41, 5.74) is 2.59. The summed E-state index contributed by atoms with van der Waals surface area (Å²) in [4.78, 5) is 0. The summed E-state index contributed by atoms with van der Waals surface area (Å²) in [7, 11) is 0. The van der Waals surface area contributed by atoms with Crippen LogP contribution in [0.1, 0.15) is 95.1 Å². The predicted octanol–water partition coefficient (Wildman–Crippen LogP) is 8.94. The second kappa shape index (κ2) is 11.4.